The smallest absolute Gasteiger partial charge is 0.343 e. The number of carbonyl (C=O) groups excluding carboxylic acids is 1. The number of ether oxygens (including phenoxy) is 3. The molecule has 3 aromatic rings. The highest BCUT2D eigenvalue weighted by Crippen LogP contribution is 2.37. The number of fused-ring (bicyclic) bond motifs is 1. The molecule has 0 fully saturated rings. The van der Waals surface area contributed by atoms with Gasteiger partial charge >= 0.3 is 5.97 Å². The Morgan fingerprint density at radius 3 is 2.79 bits per heavy atom. The third kappa shape index (κ3) is 4.68. The molecule has 0 aliphatic carbocycles. The summed E-state index contributed by atoms with van der Waals surface area (Å²) in [6.07, 6.45) is 1.65. The number of aromatic nitrogens is 2. The van der Waals surface area contributed by atoms with Gasteiger partial charge in [0.05, 0.1) is 35.3 Å². The van der Waals surface area contributed by atoms with Crippen molar-refractivity contribution in [1.29, 1.82) is 5.26 Å². The number of allylic oxidation sites excluding steroid dienone is 1. The van der Waals surface area contributed by atoms with Crippen LogP contribution in [-0.2, 0) is 9.53 Å². The molecule has 0 aliphatic rings. The Morgan fingerprint density at radius 2 is 2.10 bits per heavy atom. The van der Waals surface area contributed by atoms with Gasteiger partial charge in [0.1, 0.15) is 11.9 Å². The van der Waals surface area contributed by atoms with E-state index in [2.05, 4.69) is 20.8 Å². The van der Waals surface area contributed by atoms with Gasteiger partial charge in [-0.05, 0) is 42.8 Å². The van der Waals surface area contributed by atoms with E-state index in [4.69, 9.17) is 21.1 Å². The van der Waals surface area contributed by atoms with E-state index in [1.807, 2.05) is 31.2 Å². The number of esters is 1. The van der Waals surface area contributed by atoms with E-state index in [1.54, 1.807) is 18.2 Å². The molecule has 0 atom stereocenters. The van der Waals surface area contributed by atoms with Crippen LogP contribution in [-0.4, -0.2) is 36.3 Å². The number of methoxy groups -OCH3 is 1. The highest BCUT2D eigenvalue weighted by Gasteiger charge is 2.15. The number of aromatic amines is 1. The fourth-order valence-corrected chi connectivity index (χ4v) is 2.94. The average molecular weight is 412 g/mol. The van der Waals surface area contributed by atoms with E-state index < -0.39 is 5.97 Å². The molecule has 2 aromatic carbocycles. The highest BCUT2D eigenvalue weighted by atomic mass is 35.5. The van der Waals surface area contributed by atoms with Crippen molar-refractivity contribution in [3.63, 3.8) is 0 Å². The van der Waals surface area contributed by atoms with Crippen LogP contribution in [0.5, 0.6) is 11.5 Å². The normalized spacial score (nSPS) is 11.2. The summed E-state index contributed by atoms with van der Waals surface area (Å²) in [6, 6.07) is 13.0. The molecule has 1 heterocycles. The predicted octanol–water partition coefficient (Wildman–Crippen LogP) is 4.23. The average Bonchev–Trinajstić information content (AvgIpc) is 3.15. The van der Waals surface area contributed by atoms with E-state index in [9.17, 15) is 10.1 Å². The molecule has 1 aromatic heterocycles. The molecule has 0 spiro atoms. The first kappa shape index (κ1) is 20.2. The van der Waals surface area contributed by atoms with Crippen LogP contribution in [0.1, 0.15) is 18.3 Å². The van der Waals surface area contributed by atoms with Crippen molar-refractivity contribution in [1.82, 2.24) is 9.97 Å². The van der Waals surface area contributed by atoms with Crippen LogP contribution < -0.4 is 9.47 Å². The first-order valence-corrected chi connectivity index (χ1v) is 9.16. The van der Waals surface area contributed by atoms with Crippen molar-refractivity contribution in [2.24, 2.45) is 0 Å². The Bertz CT molecular complexity index is 1080. The molecule has 0 unspecified atom stereocenters. The van der Waals surface area contributed by atoms with E-state index in [0.717, 1.165) is 11.0 Å². The second-order valence-corrected chi connectivity index (χ2v) is 6.31. The van der Waals surface area contributed by atoms with Crippen molar-refractivity contribution < 1.29 is 19.0 Å². The summed E-state index contributed by atoms with van der Waals surface area (Å²) >= 11 is 6.34. The van der Waals surface area contributed by atoms with E-state index in [0.29, 0.717) is 29.3 Å². The van der Waals surface area contributed by atoms with E-state index >= 15 is 0 Å². The van der Waals surface area contributed by atoms with Gasteiger partial charge in [-0.15, -0.1) is 0 Å². The van der Waals surface area contributed by atoms with Crippen LogP contribution in [0.25, 0.3) is 22.7 Å². The predicted molar refractivity (Wildman–Crippen MR) is 110 cm³/mol. The Morgan fingerprint density at radius 1 is 1.31 bits per heavy atom. The lowest BCUT2D eigenvalue weighted by molar-refractivity contribution is -0.142. The van der Waals surface area contributed by atoms with Crippen LogP contribution in [0.3, 0.4) is 0 Å². The number of hydrogen-bond donors (Lipinski definition) is 1. The fourth-order valence-electron chi connectivity index (χ4n) is 2.66. The van der Waals surface area contributed by atoms with Gasteiger partial charge in [-0.25, -0.2) is 9.78 Å². The number of imidazole rings is 1. The molecule has 0 amide bonds. The van der Waals surface area contributed by atoms with Crippen LogP contribution >= 0.6 is 11.6 Å². The number of nitrogens with zero attached hydrogens (tertiary/aromatic N) is 2. The lowest BCUT2D eigenvalue weighted by atomic mass is 10.1. The fraction of sp³-hybridized carbons (Fsp3) is 0.190. The van der Waals surface area contributed by atoms with Crippen molar-refractivity contribution >= 4 is 40.3 Å². The Kier molecular flexibility index (Phi) is 6.37. The second-order valence-electron chi connectivity index (χ2n) is 5.90. The van der Waals surface area contributed by atoms with Crippen molar-refractivity contribution in [2.75, 3.05) is 20.3 Å². The standard InChI is InChI=1S/C21H18ClN3O4/c1-3-28-18-10-13(9-15(22)20(18)29-12-19(26)27-2)8-14(11-23)21-24-16-6-4-5-7-17(16)25-21/h4-10H,3,12H2,1-2H3,(H,24,25)/b14-8+. The Labute approximate surface area is 172 Å². The lowest BCUT2D eigenvalue weighted by Gasteiger charge is -2.14. The summed E-state index contributed by atoms with van der Waals surface area (Å²) in [6.45, 7) is 1.89. The Hall–Kier alpha value is -3.50. The maximum Gasteiger partial charge on any atom is 0.343 e. The number of benzene rings is 2. The minimum atomic E-state index is -0.538. The molecule has 0 aliphatic heterocycles. The van der Waals surface area contributed by atoms with Gasteiger partial charge in [-0.1, -0.05) is 23.7 Å². The molecule has 0 saturated carbocycles. The molecule has 148 valence electrons. The number of rotatable bonds is 7. The Balaban J connectivity index is 1.98. The van der Waals surface area contributed by atoms with Gasteiger partial charge in [-0.2, -0.15) is 5.26 Å². The van der Waals surface area contributed by atoms with Gasteiger partial charge in [0.15, 0.2) is 18.1 Å². The maximum atomic E-state index is 11.4. The van der Waals surface area contributed by atoms with Gasteiger partial charge in [-0.3, -0.25) is 0 Å². The molecular weight excluding hydrogens is 394 g/mol. The van der Waals surface area contributed by atoms with Gasteiger partial charge in [0.2, 0.25) is 0 Å². The third-order valence-corrected chi connectivity index (χ3v) is 4.25. The first-order valence-electron chi connectivity index (χ1n) is 8.78. The lowest BCUT2D eigenvalue weighted by Crippen LogP contribution is -2.13. The van der Waals surface area contributed by atoms with Gasteiger partial charge in [0.25, 0.3) is 0 Å². The van der Waals surface area contributed by atoms with E-state index in [-0.39, 0.29) is 17.4 Å². The van der Waals surface area contributed by atoms with Crippen LogP contribution in [0, 0.1) is 11.3 Å². The number of H-pyrrole nitrogens is 1. The number of nitrogens with one attached hydrogen (secondary N) is 1. The monoisotopic (exact) mass is 411 g/mol. The summed E-state index contributed by atoms with van der Waals surface area (Å²) in [7, 11) is 1.27. The molecular formula is C21H18ClN3O4. The molecule has 0 saturated heterocycles. The van der Waals surface area contributed by atoms with Crippen molar-refractivity contribution in [3.05, 3.63) is 52.8 Å². The number of hydrogen-bond acceptors (Lipinski definition) is 6. The zero-order valence-electron chi connectivity index (χ0n) is 15.9. The molecule has 1 N–H and O–H groups in total. The van der Waals surface area contributed by atoms with Gasteiger partial charge < -0.3 is 19.2 Å². The highest BCUT2D eigenvalue weighted by molar-refractivity contribution is 6.32. The SMILES string of the molecule is CCOc1cc(/C=C(\C#N)c2nc3ccccc3[nH]2)cc(Cl)c1OCC(=O)OC. The molecule has 3 rings (SSSR count). The zero-order chi connectivity index (χ0) is 20.8. The summed E-state index contributed by atoms with van der Waals surface area (Å²) in [4.78, 5) is 18.9. The van der Waals surface area contributed by atoms with Crippen LogP contribution in [0.2, 0.25) is 5.02 Å². The minimum Gasteiger partial charge on any atom is -0.490 e. The van der Waals surface area contributed by atoms with Gasteiger partial charge in [0, 0.05) is 0 Å². The molecule has 0 radical (unpaired) electrons. The first-order chi connectivity index (χ1) is 14.0. The minimum absolute atomic E-state index is 0.235. The topological polar surface area (TPSA) is 97.2 Å². The third-order valence-electron chi connectivity index (χ3n) is 3.97. The van der Waals surface area contributed by atoms with Crippen LogP contribution in [0.4, 0.5) is 0 Å². The molecule has 29 heavy (non-hydrogen) atoms. The molecule has 7 nitrogen and oxygen atoms in total. The summed E-state index contributed by atoms with van der Waals surface area (Å²) < 4.78 is 15.6. The second kappa shape index (κ2) is 9.13. The summed E-state index contributed by atoms with van der Waals surface area (Å²) in [5.74, 6) is 0.508. The largest absolute Gasteiger partial charge is 0.490 e. The molecule has 0 bridgehead atoms. The van der Waals surface area contributed by atoms with Crippen molar-refractivity contribution in [3.8, 4) is 17.6 Å². The van der Waals surface area contributed by atoms with Crippen LogP contribution in [0.15, 0.2) is 36.4 Å². The van der Waals surface area contributed by atoms with E-state index in [1.165, 1.54) is 7.11 Å². The number of nitriles is 1. The quantitative estimate of drug-likeness (QED) is 0.461. The maximum absolute atomic E-state index is 11.4. The zero-order valence-corrected chi connectivity index (χ0v) is 16.6. The number of carbonyl (C=O) groups is 1. The number of para-hydroxylation sites is 2. The molecule has 8 heteroatoms. The van der Waals surface area contributed by atoms with Crippen molar-refractivity contribution in [2.45, 2.75) is 6.92 Å². The summed E-state index contributed by atoms with van der Waals surface area (Å²) in [5.41, 5.74) is 2.57. The summed E-state index contributed by atoms with van der Waals surface area (Å²) in [5, 5.41) is 9.86. The number of halogens is 1.